The topological polar surface area (TPSA) is 49.3 Å². The smallest absolute Gasteiger partial charge is 0.335 e. The van der Waals surface area contributed by atoms with E-state index in [1.54, 1.807) is 0 Å². The van der Waals surface area contributed by atoms with Gasteiger partial charge in [-0.2, -0.15) is 0 Å². The fourth-order valence-corrected chi connectivity index (χ4v) is 2.50. The Hall–Kier alpha value is -1.65. The van der Waals surface area contributed by atoms with Gasteiger partial charge < -0.3 is 10.4 Å². The second-order valence-electron chi connectivity index (χ2n) is 5.00. The van der Waals surface area contributed by atoms with Crippen LogP contribution in [0.1, 0.15) is 42.5 Å². The Bertz CT molecular complexity index is 448. The Morgan fingerprint density at radius 1 is 1.21 bits per heavy atom. The lowest BCUT2D eigenvalue weighted by Crippen LogP contribution is -2.18. The summed E-state index contributed by atoms with van der Waals surface area (Å²) in [5.41, 5.74) is -0.603. The van der Waals surface area contributed by atoms with Gasteiger partial charge in [-0.05, 0) is 30.9 Å². The first-order valence-electron chi connectivity index (χ1n) is 6.54. The van der Waals surface area contributed by atoms with E-state index >= 15 is 0 Å². The van der Waals surface area contributed by atoms with E-state index in [-0.39, 0.29) is 11.3 Å². The van der Waals surface area contributed by atoms with E-state index in [2.05, 4.69) is 5.32 Å². The Morgan fingerprint density at radius 2 is 1.79 bits per heavy atom. The highest BCUT2D eigenvalue weighted by atomic mass is 19.1. The Morgan fingerprint density at radius 3 is 2.32 bits per heavy atom. The molecule has 0 radical (unpaired) electrons. The molecule has 19 heavy (non-hydrogen) atoms. The number of rotatable bonds is 4. The minimum absolute atomic E-state index is 0.226. The molecule has 0 heterocycles. The van der Waals surface area contributed by atoms with Crippen molar-refractivity contribution in [3.63, 3.8) is 0 Å². The highest BCUT2D eigenvalue weighted by Gasteiger charge is 2.17. The average molecular weight is 269 g/mol. The van der Waals surface area contributed by atoms with E-state index in [4.69, 9.17) is 5.11 Å². The molecule has 1 saturated carbocycles. The third kappa shape index (κ3) is 3.43. The molecule has 2 rings (SSSR count). The Kier molecular flexibility index (Phi) is 4.35. The van der Waals surface area contributed by atoms with Crippen molar-refractivity contribution in [3.8, 4) is 0 Å². The molecule has 0 amide bonds. The summed E-state index contributed by atoms with van der Waals surface area (Å²) in [6, 6.07) is 1.68. The van der Waals surface area contributed by atoms with Crippen LogP contribution in [-0.2, 0) is 0 Å². The van der Waals surface area contributed by atoms with Gasteiger partial charge in [0.05, 0.1) is 5.56 Å². The Balaban J connectivity index is 2.05. The molecule has 0 aromatic heterocycles. The monoisotopic (exact) mass is 269 g/mol. The number of hydrogen-bond donors (Lipinski definition) is 2. The van der Waals surface area contributed by atoms with Crippen LogP contribution in [0.25, 0.3) is 0 Å². The summed E-state index contributed by atoms with van der Waals surface area (Å²) in [6.45, 7) is 0.528. The molecule has 0 bridgehead atoms. The normalized spacial score (nSPS) is 16.3. The summed E-state index contributed by atoms with van der Waals surface area (Å²) in [4.78, 5) is 10.7. The first-order valence-corrected chi connectivity index (χ1v) is 6.54. The second-order valence-corrected chi connectivity index (χ2v) is 5.00. The van der Waals surface area contributed by atoms with Crippen molar-refractivity contribution in [2.45, 2.75) is 32.1 Å². The number of benzene rings is 1. The maximum Gasteiger partial charge on any atom is 0.335 e. The van der Waals surface area contributed by atoms with Crippen LogP contribution in [0.3, 0.4) is 0 Å². The molecule has 1 fully saturated rings. The molecule has 104 valence electrons. The van der Waals surface area contributed by atoms with Crippen LogP contribution in [0.2, 0.25) is 0 Å². The number of carbonyl (C=O) groups is 1. The van der Waals surface area contributed by atoms with E-state index in [1.807, 2.05) is 0 Å². The molecular formula is C14H17F2NO2. The zero-order chi connectivity index (χ0) is 13.8. The summed E-state index contributed by atoms with van der Waals surface area (Å²) < 4.78 is 27.3. The predicted molar refractivity (Wildman–Crippen MR) is 68.4 cm³/mol. The highest BCUT2D eigenvalue weighted by Crippen LogP contribution is 2.26. The van der Waals surface area contributed by atoms with Gasteiger partial charge in [-0.1, -0.05) is 19.3 Å². The predicted octanol–water partition coefficient (Wildman–Crippen LogP) is 3.66. The summed E-state index contributed by atoms with van der Waals surface area (Å²) in [5.74, 6) is -2.61. The number of anilines is 1. The minimum atomic E-state index is -1.34. The Labute approximate surface area is 110 Å². The third-order valence-corrected chi connectivity index (χ3v) is 3.58. The molecule has 3 nitrogen and oxygen atoms in total. The van der Waals surface area contributed by atoms with Gasteiger partial charge >= 0.3 is 5.97 Å². The lowest BCUT2D eigenvalue weighted by Gasteiger charge is -2.22. The lowest BCUT2D eigenvalue weighted by molar-refractivity contribution is 0.0696. The lowest BCUT2D eigenvalue weighted by atomic mass is 9.89. The summed E-state index contributed by atoms with van der Waals surface area (Å²) in [6.07, 6.45) is 5.70. The van der Waals surface area contributed by atoms with Gasteiger partial charge in [0, 0.05) is 6.54 Å². The first kappa shape index (κ1) is 13.8. The van der Waals surface area contributed by atoms with Crippen LogP contribution in [-0.4, -0.2) is 17.6 Å². The molecule has 2 N–H and O–H groups in total. The van der Waals surface area contributed by atoms with Crippen molar-refractivity contribution in [2.24, 2.45) is 5.92 Å². The SMILES string of the molecule is O=C(O)c1cc(F)c(NCC2CCCCC2)c(F)c1. The van der Waals surface area contributed by atoms with Crippen LogP contribution in [0.15, 0.2) is 12.1 Å². The number of hydrogen-bond acceptors (Lipinski definition) is 2. The van der Waals surface area contributed by atoms with Gasteiger partial charge in [-0.15, -0.1) is 0 Å². The maximum absolute atomic E-state index is 13.7. The van der Waals surface area contributed by atoms with Crippen molar-refractivity contribution < 1.29 is 18.7 Å². The van der Waals surface area contributed by atoms with Gasteiger partial charge in [0.1, 0.15) is 17.3 Å². The fourth-order valence-electron chi connectivity index (χ4n) is 2.50. The quantitative estimate of drug-likeness (QED) is 0.877. The van der Waals surface area contributed by atoms with E-state index in [0.717, 1.165) is 37.8 Å². The number of carboxylic acid groups (broad SMARTS) is 1. The average Bonchev–Trinajstić information content (AvgIpc) is 2.38. The summed E-state index contributed by atoms with van der Waals surface area (Å²) >= 11 is 0. The van der Waals surface area contributed by atoms with Crippen LogP contribution in [0.5, 0.6) is 0 Å². The van der Waals surface area contributed by atoms with Crippen LogP contribution >= 0.6 is 0 Å². The van der Waals surface area contributed by atoms with E-state index in [9.17, 15) is 13.6 Å². The van der Waals surface area contributed by atoms with Crippen molar-refractivity contribution in [2.75, 3.05) is 11.9 Å². The molecule has 0 unspecified atom stereocenters. The largest absolute Gasteiger partial charge is 0.478 e. The highest BCUT2D eigenvalue weighted by molar-refractivity contribution is 5.88. The van der Waals surface area contributed by atoms with Crippen molar-refractivity contribution in [3.05, 3.63) is 29.3 Å². The van der Waals surface area contributed by atoms with Gasteiger partial charge in [0.2, 0.25) is 0 Å². The van der Waals surface area contributed by atoms with E-state index < -0.39 is 17.6 Å². The molecule has 1 aliphatic rings. The number of carboxylic acids is 1. The maximum atomic E-state index is 13.7. The molecular weight excluding hydrogens is 252 g/mol. The van der Waals surface area contributed by atoms with Gasteiger partial charge in [0.15, 0.2) is 0 Å². The number of halogens is 2. The van der Waals surface area contributed by atoms with Crippen molar-refractivity contribution in [1.29, 1.82) is 0 Å². The van der Waals surface area contributed by atoms with Crippen molar-refractivity contribution >= 4 is 11.7 Å². The second kappa shape index (κ2) is 5.99. The molecule has 0 spiro atoms. The molecule has 0 atom stereocenters. The van der Waals surface area contributed by atoms with Gasteiger partial charge in [-0.25, -0.2) is 13.6 Å². The zero-order valence-corrected chi connectivity index (χ0v) is 10.6. The van der Waals surface area contributed by atoms with Gasteiger partial charge in [-0.3, -0.25) is 0 Å². The third-order valence-electron chi connectivity index (χ3n) is 3.58. The van der Waals surface area contributed by atoms with E-state index in [1.165, 1.54) is 6.42 Å². The summed E-state index contributed by atoms with van der Waals surface area (Å²) in [7, 11) is 0. The summed E-state index contributed by atoms with van der Waals surface area (Å²) in [5, 5.41) is 11.5. The van der Waals surface area contributed by atoms with Crippen molar-refractivity contribution in [1.82, 2.24) is 0 Å². The fraction of sp³-hybridized carbons (Fsp3) is 0.500. The van der Waals surface area contributed by atoms with Crippen LogP contribution < -0.4 is 5.32 Å². The molecule has 1 aliphatic carbocycles. The van der Waals surface area contributed by atoms with Crippen LogP contribution in [0, 0.1) is 17.6 Å². The van der Waals surface area contributed by atoms with Gasteiger partial charge in [0.25, 0.3) is 0 Å². The molecule has 5 heteroatoms. The molecule has 1 aromatic rings. The minimum Gasteiger partial charge on any atom is -0.478 e. The van der Waals surface area contributed by atoms with Crippen LogP contribution in [0.4, 0.5) is 14.5 Å². The zero-order valence-electron chi connectivity index (χ0n) is 10.6. The van der Waals surface area contributed by atoms with E-state index in [0.29, 0.717) is 12.5 Å². The molecule has 1 aromatic carbocycles. The first-order chi connectivity index (χ1) is 9.08. The molecule has 0 aliphatic heterocycles. The number of nitrogens with one attached hydrogen (secondary N) is 1. The number of aromatic carboxylic acids is 1. The molecule has 0 saturated heterocycles. The standard InChI is InChI=1S/C14H17F2NO2/c15-11-6-10(14(18)19)7-12(16)13(11)17-8-9-4-2-1-3-5-9/h6-7,9,17H,1-5,8H2,(H,18,19).